The first kappa shape index (κ1) is 12.3. The van der Waals surface area contributed by atoms with Gasteiger partial charge in [-0.15, -0.1) is 0 Å². The number of anilines is 1. The average molecular weight is 241 g/mol. The standard InChI is InChI=1S/C14H15N3O/c15-10-11-4-3-6-13(8-11)17-14(18)9-12-5-1-2-7-16-12/h1-8H,9-10,15H2,(H,17,18). The van der Waals surface area contributed by atoms with E-state index in [9.17, 15) is 4.79 Å². The van der Waals surface area contributed by atoms with Crippen LogP contribution in [0, 0.1) is 0 Å². The molecule has 0 bridgehead atoms. The van der Waals surface area contributed by atoms with Gasteiger partial charge in [0.15, 0.2) is 0 Å². The van der Waals surface area contributed by atoms with Crippen molar-refractivity contribution >= 4 is 11.6 Å². The molecular formula is C14H15N3O. The average Bonchev–Trinajstić information content (AvgIpc) is 2.40. The molecule has 0 saturated carbocycles. The summed E-state index contributed by atoms with van der Waals surface area (Å²) in [6.07, 6.45) is 1.95. The number of nitrogens with zero attached hydrogens (tertiary/aromatic N) is 1. The molecule has 0 aliphatic heterocycles. The van der Waals surface area contributed by atoms with Crippen LogP contribution in [0.25, 0.3) is 0 Å². The number of carbonyl (C=O) groups is 1. The zero-order chi connectivity index (χ0) is 12.8. The van der Waals surface area contributed by atoms with Crippen molar-refractivity contribution < 1.29 is 4.79 Å². The van der Waals surface area contributed by atoms with Crippen LogP contribution in [0.5, 0.6) is 0 Å². The minimum Gasteiger partial charge on any atom is -0.326 e. The van der Waals surface area contributed by atoms with Crippen molar-refractivity contribution in [3.8, 4) is 0 Å². The number of carbonyl (C=O) groups excluding carboxylic acids is 1. The van der Waals surface area contributed by atoms with Gasteiger partial charge in [0.25, 0.3) is 0 Å². The van der Waals surface area contributed by atoms with Crippen LogP contribution in [-0.4, -0.2) is 10.9 Å². The molecule has 0 atom stereocenters. The quantitative estimate of drug-likeness (QED) is 0.856. The minimum atomic E-state index is -0.0807. The summed E-state index contributed by atoms with van der Waals surface area (Å²) in [5, 5.41) is 2.83. The van der Waals surface area contributed by atoms with E-state index in [0.717, 1.165) is 16.9 Å². The van der Waals surface area contributed by atoms with Gasteiger partial charge < -0.3 is 11.1 Å². The number of hydrogen-bond acceptors (Lipinski definition) is 3. The van der Waals surface area contributed by atoms with E-state index < -0.39 is 0 Å². The van der Waals surface area contributed by atoms with Crippen molar-refractivity contribution in [2.75, 3.05) is 5.32 Å². The number of aromatic nitrogens is 1. The monoisotopic (exact) mass is 241 g/mol. The first-order valence-electron chi connectivity index (χ1n) is 5.76. The summed E-state index contributed by atoms with van der Waals surface area (Å²) in [5.41, 5.74) is 8.06. The molecule has 92 valence electrons. The predicted molar refractivity (Wildman–Crippen MR) is 70.9 cm³/mol. The second-order valence-corrected chi connectivity index (χ2v) is 3.95. The Balaban J connectivity index is 1.99. The van der Waals surface area contributed by atoms with Gasteiger partial charge in [0.05, 0.1) is 6.42 Å². The predicted octanol–water partition coefficient (Wildman–Crippen LogP) is 1.72. The van der Waals surface area contributed by atoms with Crippen LogP contribution >= 0.6 is 0 Å². The fourth-order valence-electron chi connectivity index (χ4n) is 1.65. The first-order chi connectivity index (χ1) is 8.78. The number of amides is 1. The number of nitrogens with one attached hydrogen (secondary N) is 1. The summed E-state index contributed by atoms with van der Waals surface area (Å²) in [4.78, 5) is 15.9. The molecule has 4 nitrogen and oxygen atoms in total. The summed E-state index contributed by atoms with van der Waals surface area (Å²) in [6.45, 7) is 0.462. The Hall–Kier alpha value is -2.20. The molecule has 0 fully saturated rings. The first-order valence-corrected chi connectivity index (χ1v) is 5.76. The third-order valence-electron chi connectivity index (χ3n) is 2.51. The SMILES string of the molecule is NCc1cccc(NC(=O)Cc2ccccn2)c1. The molecule has 4 heteroatoms. The zero-order valence-corrected chi connectivity index (χ0v) is 9.97. The van der Waals surface area contributed by atoms with Crippen LogP contribution in [0.3, 0.4) is 0 Å². The Morgan fingerprint density at radius 3 is 2.83 bits per heavy atom. The molecule has 0 unspecified atom stereocenters. The Morgan fingerprint density at radius 2 is 2.11 bits per heavy atom. The van der Waals surface area contributed by atoms with Crippen LogP contribution in [0.1, 0.15) is 11.3 Å². The number of hydrogen-bond donors (Lipinski definition) is 2. The van der Waals surface area contributed by atoms with E-state index in [2.05, 4.69) is 10.3 Å². The van der Waals surface area contributed by atoms with Crippen LogP contribution in [0.2, 0.25) is 0 Å². The minimum absolute atomic E-state index is 0.0807. The Labute approximate surface area is 106 Å². The van der Waals surface area contributed by atoms with E-state index in [0.29, 0.717) is 6.54 Å². The Kier molecular flexibility index (Phi) is 4.04. The van der Waals surface area contributed by atoms with Gasteiger partial charge in [0.2, 0.25) is 5.91 Å². The van der Waals surface area contributed by atoms with Gasteiger partial charge in [0.1, 0.15) is 0 Å². The summed E-state index contributed by atoms with van der Waals surface area (Å²) >= 11 is 0. The van der Waals surface area contributed by atoms with Crippen LogP contribution < -0.4 is 11.1 Å². The molecule has 1 amide bonds. The fourth-order valence-corrected chi connectivity index (χ4v) is 1.65. The van der Waals surface area contributed by atoms with E-state index in [1.165, 1.54) is 0 Å². The molecule has 1 aromatic carbocycles. The molecule has 2 aromatic rings. The molecule has 0 spiro atoms. The molecule has 18 heavy (non-hydrogen) atoms. The lowest BCUT2D eigenvalue weighted by Crippen LogP contribution is -2.15. The van der Waals surface area contributed by atoms with Gasteiger partial charge in [-0.1, -0.05) is 18.2 Å². The van der Waals surface area contributed by atoms with Gasteiger partial charge >= 0.3 is 0 Å². The smallest absolute Gasteiger partial charge is 0.230 e. The van der Waals surface area contributed by atoms with Gasteiger partial charge in [-0.25, -0.2) is 0 Å². The lowest BCUT2D eigenvalue weighted by molar-refractivity contribution is -0.115. The fraction of sp³-hybridized carbons (Fsp3) is 0.143. The van der Waals surface area contributed by atoms with Crippen LogP contribution in [0.15, 0.2) is 48.7 Å². The number of pyridine rings is 1. The lowest BCUT2D eigenvalue weighted by atomic mass is 10.2. The van der Waals surface area contributed by atoms with Crippen LogP contribution in [-0.2, 0) is 17.8 Å². The molecule has 0 aliphatic rings. The van der Waals surface area contributed by atoms with Crippen molar-refractivity contribution in [1.29, 1.82) is 0 Å². The van der Waals surface area contributed by atoms with Gasteiger partial charge in [-0.05, 0) is 29.8 Å². The van der Waals surface area contributed by atoms with E-state index in [1.54, 1.807) is 6.20 Å². The van der Waals surface area contributed by atoms with Crippen molar-refractivity contribution in [3.05, 3.63) is 59.9 Å². The summed E-state index contributed by atoms with van der Waals surface area (Å²) in [7, 11) is 0. The van der Waals surface area contributed by atoms with Crippen LogP contribution in [0.4, 0.5) is 5.69 Å². The molecular weight excluding hydrogens is 226 g/mol. The second kappa shape index (κ2) is 5.93. The molecule has 0 aliphatic carbocycles. The Bertz CT molecular complexity index is 526. The van der Waals surface area contributed by atoms with Gasteiger partial charge in [0, 0.05) is 24.1 Å². The molecule has 2 rings (SSSR count). The summed E-state index contributed by atoms with van der Waals surface area (Å²) in [6, 6.07) is 13.0. The maximum Gasteiger partial charge on any atom is 0.230 e. The molecule has 1 aromatic heterocycles. The zero-order valence-electron chi connectivity index (χ0n) is 9.97. The van der Waals surface area contributed by atoms with Gasteiger partial charge in [-0.3, -0.25) is 9.78 Å². The van der Waals surface area contributed by atoms with Crippen molar-refractivity contribution in [1.82, 2.24) is 4.98 Å². The number of benzene rings is 1. The van der Waals surface area contributed by atoms with Gasteiger partial charge in [-0.2, -0.15) is 0 Å². The highest BCUT2D eigenvalue weighted by Gasteiger charge is 2.04. The molecule has 0 radical (unpaired) electrons. The molecule has 3 N–H and O–H groups in total. The highest BCUT2D eigenvalue weighted by atomic mass is 16.1. The maximum absolute atomic E-state index is 11.8. The molecule has 0 saturated heterocycles. The highest BCUT2D eigenvalue weighted by molar-refractivity contribution is 5.92. The third kappa shape index (κ3) is 3.40. The van der Waals surface area contributed by atoms with Crippen molar-refractivity contribution in [3.63, 3.8) is 0 Å². The van der Waals surface area contributed by atoms with E-state index in [-0.39, 0.29) is 12.3 Å². The topological polar surface area (TPSA) is 68.0 Å². The lowest BCUT2D eigenvalue weighted by Gasteiger charge is -2.06. The third-order valence-corrected chi connectivity index (χ3v) is 2.51. The van der Waals surface area contributed by atoms with E-state index in [4.69, 9.17) is 5.73 Å². The summed E-state index contributed by atoms with van der Waals surface area (Å²) < 4.78 is 0. The number of nitrogens with two attached hydrogens (primary N) is 1. The number of rotatable bonds is 4. The van der Waals surface area contributed by atoms with E-state index >= 15 is 0 Å². The van der Waals surface area contributed by atoms with Crippen molar-refractivity contribution in [2.45, 2.75) is 13.0 Å². The summed E-state index contributed by atoms with van der Waals surface area (Å²) in [5.74, 6) is -0.0807. The normalized spacial score (nSPS) is 10.1. The largest absolute Gasteiger partial charge is 0.326 e. The highest BCUT2D eigenvalue weighted by Crippen LogP contribution is 2.10. The second-order valence-electron chi connectivity index (χ2n) is 3.95. The maximum atomic E-state index is 11.8. The van der Waals surface area contributed by atoms with Crippen molar-refractivity contribution in [2.24, 2.45) is 5.73 Å². The Morgan fingerprint density at radius 1 is 1.22 bits per heavy atom. The van der Waals surface area contributed by atoms with E-state index in [1.807, 2.05) is 42.5 Å². The molecule has 1 heterocycles.